The van der Waals surface area contributed by atoms with E-state index in [1.165, 1.54) is 24.3 Å². The molecule has 1 N–H and O–H groups in total. The number of halogens is 4. The first kappa shape index (κ1) is 16.0. The van der Waals surface area contributed by atoms with Crippen molar-refractivity contribution in [3.05, 3.63) is 69.4 Å². The molecular formula is C16H15BrF3N. The molecule has 0 aliphatic carbocycles. The first-order valence-electron chi connectivity index (χ1n) is 6.63. The van der Waals surface area contributed by atoms with Gasteiger partial charge in [0.05, 0.1) is 0 Å². The van der Waals surface area contributed by atoms with E-state index in [9.17, 15) is 13.2 Å². The van der Waals surface area contributed by atoms with Crippen molar-refractivity contribution < 1.29 is 13.2 Å². The van der Waals surface area contributed by atoms with Crippen LogP contribution in [0.5, 0.6) is 0 Å². The van der Waals surface area contributed by atoms with Gasteiger partial charge < -0.3 is 5.32 Å². The van der Waals surface area contributed by atoms with Crippen molar-refractivity contribution in [2.24, 2.45) is 0 Å². The number of hydrogen-bond acceptors (Lipinski definition) is 1. The van der Waals surface area contributed by atoms with Gasteiger partial charge in [-0.25, -0.2) is 13.2 Å². The van der Waals surface area contributed by atoms with E-state index in [1.807, 2.05) is 6.92 Å². The summed E-state index contributed by atoms with van der Waals surface area (Å²) in [4.78, 5) is 0. The van der Waals surface area contributed by atoms with E-state index >= 15 is 0 Å². The summed E-state index contributed by atoms with van der Waals surface area (Å²) in [6.07, 6.45) is 0.366. The number of nitrogens with one attached hydrogen (secondary N) is 1. The van der Waals surface area contributed by atoms with Crippen molar-refractivity contribution in [2.75, 3.05) is 6.54 Å². The summed E-state index contributed by atoms with van der Waals surface area (Å²) in [6.45, 7) is 2.58. The number of hydrogen-bond donors (Lipinski definition) is 1. The van der Waals surface area contributed by atoms with E-state index in [0.29, 0.717) is 18.5 Å². The number of rotatable bonds is 5. The van der Waals surface area contributed by atoms with Crippen molar-refractivity contribution in [1.29, 1.82) is 0 Å². The Kier molecular flexibility index (Phi) is 5.42. The van der Waals surface area contributed by atoms with Crippen LogP contribution in [0.25, 0.3) is 0 Å². The van der Waals surface area contributed by atoms with Crippen LogP contribution in [-0.2, 0) is 6.42 Å². The van der Waals surface area contributed by atoms with Crippen molar-refractivity contribution in [3.63, 3.8) is 0 Å². The summed E-state index contributed by atoms with van der Waals surface area (Å²) < 4.78 is 40.8. The fourth-order valence-corrected chi connectivity index (χ4v) is 2.81. The Morgan fingerprint density at radius 2 is 1.67 bits per heavy atom. The minimum atomic E-state index is -0.612. The van der Waals surface area contributed by atoms with Crippen LogP contribution in [0.15, 0.2) is 40.9 Å². The highest BCUT2D eigenvalue weighted by molar-refractivity contribution is 9.10. The normalized spacial score (nSPS) is 12.4. The molecule has 0 radical (unpaired) electrons. The van der Waals surface area contributed by atoms with Gasteiger partial charge in [0.2, 0.25) is 0 Å². The van der Waals surface area contributed by atoms with E-state index in [-0.39, 0.29) is 11.9 Å². The second-order valence-corrected chi connectivity index (χ2v) is 5.61. The van der Waals surface area contributed by atoms with Gasteiger partial charge in [-0.15, -0.1) is 0 Å². The third-order valence-corrected chi connectivity index (χ3v) is 3.87. The lowest BCUT2D eigenvalue weighted by atomic mass is 9.98. The monoisotopic (exact) mass is 357 g/mol. The van der Waals surface area contributed by atoms with Gasteiger partial charge in [0.1, 0.15) is 17.5 Å². The summed E-state index contributed by atoms with van der Waals surface area (Å²) in [5.74, 6) is -1.57. The SMILES string of the molecule is CCNC(Cc1cc(F)cc(F)c1)c1cc(F)ccc1Br. The molecule has 21 heavy (non-hydrogen) atoms. The molecule has 2 aromatic rings. The first-order chi connectivity index (χ1) is 9.99. The molecule has 112 valence electrons. The van der Waals surface area contributed by atoms with Crippen LogP contribution in [0.1, 0.15) is 24.1 Å². The maximum Gasteiger partial charge on any atom is 0.126 e. The quantitative estimate of drug-likeness (QED) is 0.813. The van der Waals surface area contributed by atoms with Gasteiger partial charge in [0.25, 0.3) is 0 Å². The van der Waals surface area contributed by atoms with Crippen LogP contribution in [-0.4, -0.2) is 6.54 Å². The zero-order valence-corrected chi connectivity index (χ0v) is 13.1. The molecule has 0 bridgehead atoms. The van der Waals surface area contributed by atoms with Crippen LogP contribution >= 0.6 is 15.9 Å². The summed E-state index contributed by atoms with van der Waals surface area (Å²) >= 11 is 3.39. The fourth-order valence-electron chi connectivity index (χ4n) is 2.28. The summed E-state index contributed by atoms with van der Waals surface area (Å²) in [5.41, 5.74) is 1.25. The molecule has 0 spiro atoms. The summed E-state index contributed by atoms with van der Waals surface area (Å²) in [6, 6.07) is 7.60. The molecule has 2 aromatic carbocycles. The lowest BCUT2D eigenvalue weighted by Gasteiger charge is -2.20. The van der Waals surface area contributed by atoms with Gasteiger partial charge >= 0.3 is 0 Å². The van der Waals surface area contributed by atoms with Crippen LogP contribution in [0.2, 0.25) is 0 Å². The maximum absolute atomic E-state index is 13.4. The van der Waals surface area contributed by atoms with Crippen LogP contribution in [0.4, 0.5) is 13.2 Å². The lowest BCUT2D eigenvalue weighted by molar-refractivity contribution is 0.532. The van der Waals surface area contributed by atoms with Crippen molar-refractivity contribution in [3.8, 4) is 0 Å². The molecule has 0 amide bonds. The van der Waals surface area contributed by atoms with E-state index < -0.39 is 11.6 Å². The van der Waals surface area contributed by atoms with Gasteiger partial charge in [-0.3, -0.25) is 0 Å². The molecule has 0 aliphatic rings. The van der Waals surface area contributed by atoms with E-state index in [0.717, 1.165) is 16.1 Å². The second kappa shape index (κ2) is 7.09. The molecular weight excluding hydrogens is 343 g/mol. The van der Waals surface area contributed by atoms with Gasteiger partial charge in [-0.1, -0.05) is 22.9 Å². The Hall–Kier alpha value is -1.33. The second-order valence-electron chi connectivity index (χ2n) is 4.76. The maximum atomic E-state index is 13.4. The number of likely N-dealkylation sites (N-methyl/N-ethyl adjacent to an activating group) is 1. The van der Waals surface area contributed by atoms with Crippen molar-refractivity contribution >= 4 is 15.9 Å². The molecule has 0 saturated heterocycles. The van der Waals surface area contributed by atoms with Crippen molar-refractivity contribution in [1.82, 2.24) is 5.32 Å². The van der Waals surface area contributed by atoms with Crippen LogP contribution in [0, 0.1) is 17.5 Å². The van der Waals surface area contributed by atoms with Gasteiger partial charge in [0.15, 0.2) is 0 Å². The standard InChI is InChI=1S/C16H15BrF3N/c1-2-21-16(14-9-11(18)3-4-15(14)17)7-10-5-12(19)8-13(20)6-10/h3-6,8-9,16,21H,2,7H2,1H3. The topological polar surface area (TPSA) is 12.0 Å². The minimum Gasteiger partial charge on any atom is -0.310 e. The molecule has 1 atom stereocenters. The Morgan fingerprint density at radius 3 is 2.29 bits per heavy atom. The molecule has 0 fully saturated rings. The Labute approximate surface area is 130 Å². The summed E-state index contributed by atoms with van der Waals surface area (Å²) in [7, 11) is 0. The molecule has 0 aliphatic heterocycles. The Bertz CT molecular complexity index is 611. The predicted octanol–water partition coefficient (Wildman–Crippen LogP) is 4.76. The van der Waals surface area contributed by atoms with Gasteiger partial charge in [-0.2, -0.15) is 0 Å². The van der Waals surface area contributed by atoms with Gasteiger partial charge in [-0.05, 0) is 54.4 Å². The van der Waals surface area contributed by atoms with E-state index in [1.54, 1.807) is 6.07 Å². The molecule has 0 saturated carbocycles. The average Bonchev–Trinajstić information content (AvgIpc) is 2.40. The summed E-state index contributed by atoms with van der Waals surface area (Å²) in [5, 5.41) is 3.21. The highest BCUT2D eigenvalue weighted by atomic mass is 79.9. The van der Waals surface area contributed by atoms with E-state index in [2.05, 4.69) is 21.2 Å². The van der Waals surface area contributed by atoms with Gasteiger partial charge in [0, 0.05) is 16.6 Å². The molecule has 1 nitrogen and oxygen atoms in total. The van der Waals surface area contributed by atoms with E-state index in [4.69, 9.17) is 0 Å². The lowest BCUT2D eigenvalue weighted by Crippen LogP contribution is -2.23. The third kappa shape index (κ3) is 4.32. The smallest absolute Gasteiger partial charge is 0.126 e. The highest BCUT2D eigenvalue weighted by Crippen LogP contribution is 2.27. The number of benzene rings is 2. The molecule has 0 aromatic heterocycles. The predicted molar refractivity (Wildman–Crippen MR) is 80.6 cm³/mol. The Morgan fingerprint density at radius 1 is 1.00 bits per heavy atom. The molecule has 1 unspecified atom stereocenters. The highest BCUT2D eigenvalue weighted by Gasteiger charge is 2.16. The fraction of sp³-hybridized carbons (Fsp3) is 0.250. The first-order valence-corrected chi connectivity index (χ1v) is 7.42. The minimum absolute atomic E-state index is 0.235. The largest absolute Gasteiger partial charge is 0.310 e. The molecule has 0 heterocycles. The van der Waals surface area contributed by atoms with Crippen LogP contribution < -0.4 is 5.32 Å². The third-order valence-electron chi connectivity index (χ3n) is 3.15. The molecule has 2 rings (SSSR count). The zero-order valence-electron chi connectivity index (χ0n) is 11.5. The van der Waals surface area contributed by atoms with Crippen molar-refractivity contribution in [2.45, 2.75) is 19.4 Å². The zero-order chi connectivity index (χ0) is 15.4. The Balaban J connectivity index is 2.32. The van der Waals surface area contributed by atoms with Crippen LogP contribution in [0.3, 0.4) is 0 Å². The molecule has 5 heteroatoms. The average molecular weight is 358 g/mol.